The standard InChI is InChI=1S/C66H87N5O13S2/c1-38(2)8-6-9-39(3)50-18-19-51-46-15-11-41-35-42(24-27-65(41,4)52(46)25-28-66(50,51)5)67-29-7-30-68-62(80)53(20-22-58(75)76)71-63(81)54(21-23-59(77)78)70-57(74)26-32-85-86-33-31-69-61(79)40-10-14-45(49(34-40)64(82)83)60-47-16-12-43(72)36-55(47)84-56-37-44(73)13-17-48(56)60/h10-14,16-17,34,36-39,42,46,50-54,67,72H,6-9,15,18-33,35H2,1-5H3,(H,68,80)(H,69,79)(H,70,74)(H,71,81)(H,75,76)(H,77,78)(H,82,83)/t39-,42+,46+,50-,51+,52+,53+,54+,65+,66-/m1/s1. The molecule has 1 aliphatic heterocycles. The first-order valence-corrected chi connectivity index (χ1v) is 33.4. The van der Waals surface area contributed by atoms with Gasteiger partial charge in [-0.25, -0.2) is 4.79 Å². The molecule has 3 saturated carbocycles. The van der Waals surface area contributed by atoms with Crippen LogP contribution in [0.3, 0.4) is 0 Å². The molecule has 20 heteroatoms. The Bertz CT molecular complexity index is 3180. The maximum Gasteiger partial charge on any atom is 0.336 e. The maximum absolute atomic E-state index is 13.7. The number of carbonyl (C=O) groups is 7. The fourth-order valence-corrected chi connectivity index (χ4v) is 16.9. The number of rotatable bonds is 30. The predicted molar refractivity (Wildman–Crippen MR) is 335 cm³/mol. The van der Waals surface area contributed by atoms with E-state index in [1.165, 1.54) is 128 Å². The summed E-state index contributed by atoms with van der Waals surface area (Å²) in [5, 5.41) is 54.4. The van der Waals surface area contributed by atoms with Gasteiger partial charge in [0, 0.05) is 84.1 Å². The highest BCUT2D eigenvalue weighted by molar-refractivity contribution is 8.76. The van der Waals surface area contributed by atoms with Crippen molar-refractivity contribution in [3.63, 3.8) is 0 Å². The Kier molecular flexibility index (Phi) is 22.5. The summed E-state index contributed by atoms with van der Waals surface area (Å²) < 4.78 is 5.90. The van der Waals surface area contributed by atoms with Crippen molar-refractivity contribution in [1.82, 2.24) is 26.6 Å². The summed E-state index contributed by atoms with van der Waals surface area (Å²) in [6.07, 6.45) is 15.7. The van der Waals surface area contributed by atoms with Gasteiger partial charge in [-0.1, -0.05) is 93.2 Å². The zero-order valence-electron chi connectivity index (χ0n) is 50.3. The van der Waals surface area contributed by atoms with Crippen molar-refractivity contribution in [2.24, 2.45) is 46.3 Å². The number of benzene rings is 3. The van der Waals surface area contributed by atoms with E-state index in [1.54, 1.807) is 11.6 Å². The number of allylic oxidation sites excluding steroid dienone is 1. The molecule has 6 aliphatic rings. The average Bonchev–Trinajstić information content (AvgIpc) is 1.39. The molecule has 0 spiro atoms. The largest absolute Gasteiger partial charge is 0.508 e. The van der Waals surface area contributed by atoms with Gasteiger partial charge in [-0.05, 0) is 165 Å². The number of fused-ring (bicyclic) bond motifs is 7. The third-order valence-corrected chi connectivity index (χ3v) is 21.8. The molecule has 0 bridgehead atoms. The molecule has 86 heavy (non-hydrogen) atoms. The quantitative estimate of drug-likeness (QED) is 0.0101. The lowest BCUT2D eigenvalue weighted by molar-refractivity contribution is -0.139. The summed E-state index contributed by atoms with van der Waals surface area (Å²) in [6, 6.07) is 10.6. The topological polar surface area (TPSA) is 291 Å². The van der Waals surface area contributed by atoms with Gasteiger partial charge in [-0.2, -0.15) is 0 Å². The lowest BCUT2D eigenvalue weighted by Crippen LogP contribution is -2.54. The number of nitrogens with one attached hydrogen (secondary N) is 5. The minimum atomic E-state index is -1.32. The van der Waals surface area contributed by atoms with Crippen molar-refractivity contribution in [3.8, 4) is 28.2 Å². The molecule has 5 aliphatic carbocycles. The number of phenolic OH excluding ortho intramolecular Hbond substituents is 1. The molecule has 8 rings (SSSR count). The van der Waals surface area contributed by atoms with E-state index in [0.29, 0.717) is 46.7 Å². The number of carboxylic acid groups (broad SMARTS) is 3. The SMILES string of the molecule is CC(C)CCC[C@@H](C)[C@H]1CC[C@H]2[C@@H]3CC=C4C[C@@H](NCCCNC(=O)[C@H](CCC(=O)O)NC(=O)[C@H](CCC(=O)O)NC(=O)CCSSCCNC(=O)c5ccc(-c6c7ccc(=O)cc-7oc7cc(O)ccc67)c(C(=O)O)c5)CC[C@]4(C)[C@H]3CC[C@]12C. The fourth-order valence-electron chi connectivity index (χ4n) is 15.0. The molecule has 0 radical (unpaired) electrons. The minimum absolute atomic E-state index is 0.0567. The smallest absolute Gasteiger partial charge is 0.336 e. The van der Waals surface area contributed by atoms with Crippen molar-refractivity contribution >= 4 is 74.1 Å². The van der Waals surface area contributed by atoms with Gasteiger partial charge in [0.2, 0.25) is 17.7 Å². The zero-order chi connectivity index (χ0) is 61.9. The van der Waals surface area contributed by atoms with Crippen LogP contribution in [0.25, 0.3) is 33.4 Å². The molecular weight excluding hydrogens is 1130 g/mol. The highest BCUT2D eigenvalue weighted by Crippen LogP contribution is 2.67. The Hall–Kier alpha value is -6.38. The summed E-state index contributed by atoms with van der Waals surface area (Å²) in [4.78, 5) is 102. The van der Waals surface area contributed by atoms with Crippen LogP contribution in [-0.2, 0) is 24.0 Å². The molecule has 466 valence electrons. The summed E-state index contributed by atoms with van der Waals surface area (Å²) in [7, 11) is 2.68. The van der Waals surface area contributed by atoms with Gasteiger partial charge < -0.3 is 51.4 Å². The lowest BCUT2D eigenvalue weighted by atomic mass is 9.47. The minimum Gasteiger partial charge on any atom is -0.508 e. The second kappa shape index (κ2) is 29.5. The van der Waals surface area contributed by atoms with E-state index < -0.39 is 66.5 Å². The fraction of sp³-hybridized carbons (Fsp3) is 0.576. The molecule has 2 aromatic carbocycles. The molecular formula is C66H87N5O13S2. The number of aromatic carboxylic acids is 1. The van der Waals surface area contributed by atoms with E-state index in [-0.39, 0.29) is 82.7 Å². The molecule has 10 atom stereocenters. The number of aromatic hydroxyl groups is 1. The summed E-state index contributed by atoms with van der Waals surface area (Å²) >= 11 is 0. The third kappa shape index (κ3) is 16.0. The lowest BCUT2D eigenvalue weighted by Gasteiger charge is -2.58. The summed E-state index contributed by atoms with van der Waals surface area (Å²) in [5.74, 6) is -0.608. The molecule has 4 amide bonds. The van der Waals surface area contributed by atoms with Crippen LogP contribution in [0.5, 0.6) is 5.75 Å². The van der Waals surface area contributed by atoms with Crippen molar-refractivity contribution in [2.45, 2.75) is 162 Å². The molecule has 3 fully saturated rings. The van der Waals surface area contributed by atoms with Gasteiger partial charge in [-0.15, -0.1) is 0 Å². The van der Waals surface area contributed by atoms with Crippen LogP contribution in [0.2, 0.25) is 0 Å². The van der Waals surface area contributed by atoms with E-state index >= 15 is 0 Å². The monoisotopic (exact) mass is 1220 g/mol. The maximum atomic E-state index is 13.7. The van der Waals surface area contributed by atoms with Crippen LogP contribution in [0.15, 0.2) is 75.5 Å². The molecule has 18 nitrogen and oxygen atoms in total. The highest BCUT2D eigenvalue weighted by Gasteiger charge is 2.59. The zero-order valence-corrected chi connectivity index (χ0v) is 51.9. The van der Waals surface area contributed by atoms with Crippen LogP contribution in [-0.4, -0.2) is 111 Å². The normalized spacial score (nSPS) is 23.5. The molecule has 1 heterocycles. The van der Waals surface area contributed by atoms with Crippen LogP contribution in [0.4, 0.5) is 0 Å². The van der Waals surface area contributed by atoms with E-state index in [2.05, 4.69) is 67.3 Å². The van der Waals surface area contributed by atoms with E-state index in [1.807, 2.05) is 0 Å². The van der Waals surface area contributed by atoms with Gasteiger partial charge in [-0.3, -0.25) is 33.6 Å². The Morgan fingerprint density at radius 1 is 0.709 bits per heavy atom. The first kappa shape index (κ1) is 65.6. The van der Waals surface area contributed by atoms with Gasteiger partial charge in [0.05, 0.1) is 5.56 Å². The molecule has 0 aromatic heterocycles. The van der Waals surface area contributed by atoms with E-state index in [0.717, 1.165) is 48.3 Å². The predicted octanol–water partition coefficient (Wildman–Crippen LogP) is 10.7. The first-order chi connectivity index (χ1) is 41.1. The van der Waals surface area contributed by atoms with Crippen molar-refractivity contribution in [1.29, 1.82) is 0 Å². The van der Waals surface area contributed by atoms with Crippen molar-refractivity contribution < 1.29 is 58.4 Å². The first-order valence-electron chi connectivity index (χ1n) is 30.9. The van der Waals surface area contributed by atoms with Crippen molar-refractivity contribution in [3.05, 3.63) is 87.6 Å². The van der Waals surface area contributed by atoms with E-state index in [4.69, 9.17) is 4.42 Å². The highest BCUT2D eigenvalue weighted by atomic mass is 33.1. The number of aliphatic carboxylic acids is 2. The van der Waals surface area contributed by atoms with Gasteiger partial charge in [0.15, 0.2) is 5.43 Å². The molecule has 2 aromatic rings. The second-order valence-electron chi connectivity index (χ2n) is 25.4. The molecule has 0 saturated heterocycles. The summed E-state index contributed by atoms with van der Waals surface area (Å²) in [5.41, 5.74) is 3.28. The Morgan fingerprint density at radius 2 is 1.44 bits per heavy atom. The van der Waals surface area contributed by atoms with E-state index in [9.17, 15) is 58.8 Å². The van der Waals surface area contributed by atoms with Gasteiger partial charge in [0.25, 0.3) is 5.91 Å². The number of amides is 4. The van der Waals surface area contributed by atoms with Crippen molar-refractivity contribution in [2.75, 3.05) is 31.1 Å². The number of carbonyl (C=O) groups excluding carboxylic acids is 4. The van der Waals surface area contributed by atoms with Crippen LogP contribution in [0, 0.1) is 46.3 Å². The molecule has 0 unspecified atom stereocenters. The number of carboxylic acids is 3. The number of hydrogen-bond acceptors (Lipinski definition) is 13. The molecule has 9 N–H and O–H groups in total. The Morgan fingerprint density at radius 3 is 2.17 bits per heavy atom. The van der Waals surface area contributed by atoms with Crippen LogP contribution >= 0.6 is 21.6 Å². The second-order valence-corrected chi connectivity index (χ2v) is 28.1. The van der Waals surface area contributed by atoms with Gasteiger partial charge >= 0.3 is 17.9 Å². The Labute approximate surface area is 511 Å². The number of hydrogen-bond donors (Lipinski definition) is 9. The summed E-state index contributed by atoms with van der Waals surface area (Å²) in [6.45, 7) is 13.5. The third-order valence-electron chi connectivity index (χ3n) is 19.4. The Balaban J connectivity index is 0.757. The average molecular weight is 1220 g/mol. The van der Waals surface area contributed by atoms with Crippen LogP contribution in [0.1, 0.15) is 164 Å². The number of phenols is 1. The van der Waals surface area contributed by atoms with Crippen LogP contribution < -0.4 is 32.0 Å². The van der Waals surface area contributed by atoms with Gasteiger partial charge in [0.1, 0.15) is 29.2 Å².